The molecule has 0 bridgehead atoms. The van der Waals surface area contributed by atoms with Crippen LogP contribution in [0.15, 0.2) is 56.7 Å². The third-order valence-electron chi connectivity index (χ3n) is 3.17. The summed E-state index contributed by atoms with van der Waals surface area (Å²) in [5.41, 5.74) is 2.67. The van der Waals surface area contributed by atoms with Crippen molar-refractivity contribution >= 4 is 27.7 Å². The Kier molecular flexibility index (Phi) is 5.70. The first kappa shape index (κ1) is 15.6. The Hall–Kier alpha value is -0.770. The van der Waals surface area contributed by atoms with Crippen LogP contribution in [0.2, 0.25) is 0 Å². The van der Waals surface area contributed by atoms with E-state index in [0.717, 1.165) is 11.0 Å². The van der Waals surface area contributed by atoms with Gasteiger partial charge in [-0.3, -0.25) is 0 Å². The molecule has 106 valence electrons. The molecule has 3 heteroatoms. The van der Waals surface area contributed by atoms with E-state index < -0.39 is 0 Å². The summed E-state index contributed by atoms with van der Waals surface area (Å²) in [6, 6.07) is 15.4. The van der Waals surface area contributed by atoms with Crippen LogP contribution in [0.5, 0.6) is 0 Å². The Bertz CT molecular complexity index is 564. The molecule has 0 aromatic heterocycles. The molecule has 0 amide bonds. The van der Waals surface area contributed by atoms with Gasteiger partial charge < -0.3 is 5.32 Å². The summed E-state index contributed by atoms with van der Waals surface area (Å²) in [5, 5.41) is 3.17. The van der Waals surface area contributed by atoms with Gasteiger partial charge in [-0.2, -0.15) is 0 Å². The number of rotatable bonds is 5. The first-order valence-corrected chi connectivity index (χ1v) is 8.42. The largest absolute Gasteiger partial charge is 0.316 e. The maximum Gasteiger partial charge on any atom is 0.0231 e. The maximum absolute atomic E-state index is 3.64. The SMILES string of the molecule is CNCc1ccc(Sc2ccc(C(C)C)cc2)cc1Br. The van der Waals surface area contributed by atoms with Crippen LogP contribution in [0.25, 0.3) is 0 Å². The van der Waals surface area contributed by atoms with Gasteiger partial charge in [0.1, 0.15) is 0 Å². The lowest BCUT2D eigenvalue weighted by Gasteiger charge is -2.09. The number of hydrogen-bond donors (Lipinski definition) is 1. The highest BCUT2D eigenvalue weighted by atomic mass is 79.9. The molecule has 1 N–H and O–H groups in total. The van der Waals surface area contributed by atoms with E-state index in [9.17, 15) is 0 Å². The third kappa shape index (κ3) is 4.11. The van der Waals surface area contributed by atoms with Crippen LogP contribution < -0.4 is 5.32 Å². The lowest BCUT2D eigenvalue weighted by Crippen LogP contribution is -2.05. The fourth-order valence-electron chi connectivity index (χ4n) is 1.98. The van der Waals surface area contributed by atoms with Gasteiger partial charge in [0.05, 0.1) is 0 Å². The van der Waals surface area contributed by atoms with Crippen LogP contribution in [-0.4, -0.2) is 7.05 Å². The minimum Gasteiger partial charge on any atom is -0.316 e. The average molecular weight is 350 g/mol. The smallest absolute Gasteiger partial charge is 0.0231 e. The minimum absolute atomic E-state index is 0.587. The summed E-state index contributed by atoms with van der Waals surface area (Å²) in [6.45, 7) is 5.33. The van der Waals surface area contributed by atoms with E-state index >= 15 is 0 Å². The molecule has 1 nitrogen and oxygen atoms in total. The molecule has 0 atom stereocenters. The highest BCUT2D eigenvalue weighted by molar-refractivity contribution is 9.10. The molecular weight excluding hydrogens is 330 g/mol. The highest BCUT2D eigenvalue weighted by Gasteiger charge is 2.04. The van der Waals surface area contributed by atoms with E-state index in [4.69, 9.17) is 0 Å². The van der Waals surface area contributed by atoms with Gasteiger partial charge in [-0.1, -0.05) is 59.7 Å². The highest BCUT2D eigenvalue weighted by Crippen LogP contribution is 2.31. The van der Waals surface area contributed by atoms with E-state index in [1.54, 1.807) is 11.8 Å². The van der Waals surface area contributed by atoms with Crippen LogP contribution in [0.3, 0.4) is 0 Å². The van der Waals surface area contributed by atoms with Gasteiger partial charge in [0, 0.05) is 20.8 Å². The fourth-order valence-corrected chi connectivity index (χ4v) is 3.51. The molecule has 0 radical (unpaired) electrons. The molecule has 0 saturated carbocycles. The second-order valence-electron chi connectivity index (χ2n) is 5.11. The van der Waals surface area contributed by atoms with Gasteiger partial charge in [0.15, 0.2) is 0 Å². The zero-order valence-corrected chi connectivity index (χ0v) is 14.5. The van der Waals surface area contributed by atoms with Crippen LogP contribution in [0, 0.1) is 0 Å². The molecule has 0 aliphatic carbocycles. The monoisotopic (exact) mass is 349 g/mol. The summed E-state index contributed by atoms with van der Waals surface area (Å²) in [5.74, 6) is 0.587. The number of nitrogens with one attached hydrogen (secondary N) is 1. The Morgan fingerprint density at radius 3 is 2.25 bits per heavy atom. The maximum atomic E-state index is 3.64. The second kappa shape index (κ2) is 7.30. The number of hydrogen-bond acceptors (Lipinski definition) is 2. The van der Waals surface area contributed by atoms with E-state index in [0.29, 0.717) is 5.92 Å². The summed E-state index contributed by atoms with van der Waals surface area (Å²) in [7, 11) is 1.96. The Balaban J connectivity index is 2.11. The molecule has 2 aromatic rings. The molecule has 2 aromatic carbocycles. The molecule has 0 heterocycles. The standard InChI is InChI=1S/C17H20BrNS/c1-12(2)13-4-7-15(8-5-13)20-16-9-6-14(11-19-3)17(18)10-16/h4-10,12,19H,11H2,1-3H3. The predicted molar refractivity (Wildman–Crippen MR) is 91.6 cm³/mol. The van der Waals surface area contributed by atoms with Gasteiger partial charge in [0.2, 0.25) is 0 Å². The second-order valence-corrected chi connectivity index (χ2v) is 7.11. The van der Waals surface area contributed by atoms with Crippen molar-refractivity contribution < 1.29 is 0 Å². The molecule has 20 heavy (non-hydrogen) atoms. The average Bonchev–Trinajstić information content (AvgIpc) is 2.42. The first-order valence-electron chi connectivity index (χ1n) is 6.81. The quantitative estimate of drug-likeness (QED) is 0.770. The molecule has 2 rings (SSSR count). The summed E-state index contributed by atoms with van der Waals surface area (Å²) in [6.07, 6.45) is 0. The summed E-state index contributed by atoms with van der Waals surface area (Å²) in [4.78, 5) is 2.54. The van der Waals surface area contributed by atoms with Crippen LogP contribution >= 0.6 is 27.7 Å². The number of benzene rings is 2. The fraction of sp³-hybridized carbons (Fsp3) is 0.294. The van der Waals surface area contributed by atoms with E-state index in [-0.39, 0.29) is 0 Å². The van der Waals surface area contributed by atoms with E-state index in [1.807, 2.05) is 7.05 Å². The molecule has 0 spiro atoms. The van der Waals surface area contributed by atoms with Crippen molar-refractivity contribution in [2.45, 2.75) is 36.1 Å². The minimum atomic E-state index is 0.587. The van der Waals surface area contributed by atoms with Crippen molar-refractivity contribution in [1.82, 2.24) is 5.32 Å². The Morgan fingerprint density at radius 2 is 1.70 bits per heavy atom. The molecule has 0 aliphatic heterocycles. The molecule has 0 unspecified atom stereocenters. The summed E-state index contributed by atoms with van der Waals surface area (Å²) >= 11 is 5.44. The lowest BCUT2D eigenvalue weighted by molar-refractivity contribution is 0.813. The van der Waals surface area contributed by atoms with Gasteiger partial charge >= 0.3 is 0 Å². The van der Waals surface area contributed by atoms with Crippen LogP contribution in [-0.2, 0) is 6.54 Å². The molecular formula is C17H20BrNS. The van der Waals surface area contributed by atoms with Gasteiger partial charge in [-0.25, -0.2) is 0 Å². The van der Waals surface area contributed by atoms with Crippen molar-refractivity contribution in [2.24, 2.45) is 0 Å². The van der Waals surface area contributed by atoms with Crippen LogP contribution in [0.1, 0.15) is 30.9 Å². The van der Waals surface area contributed by atoms with E-state index in [1.165, 1.54) is 20.9 Å². The van der Waals surface area contributed by atoms with Crippen LogP contribution in [0.4, 0.5) is 0 Å². The molecule has 0 fully saturated rings. The van der Waals surface area contributed by atoms with Gasteiger partial charge in [0.25, 0.3) is 0 Å². The van der Waals surface area contributed by atoms with Gasteiger partial charge in [-0.05, 0) is 48.4 Å². The predicted octanol–water partition coefficient (Wildman–Crippen LogP) is 5.44. The number of halogens is 1. The zero-order valence-electron chi connectivity index (χ0n) is 12.1. The topological polar surface area (TPSA) is 12.0 Å². The Morgan fingerprint density at radius 1 is 1.05 bits per heavy atom. The van der Waals surface area contributed by atoms with Gasteiger partial charge in [-0.15, -0.1) is 0 Å². The molecule has 0 aliphatic rings. The Labute approximate surface area is 134 Å². The summed E-state index contributed by atoms with van der Waals surface area (Å²) < 4.78 is 1.16. The lowest BCUT2D eigenvalue weighted by atomic mass is 10.0. The van der Waals surface area contributed by atoms with Crippen molar-refractivity contribution in [3.8, 4) is 0 Å². The van der Waals surface area contributed by atoms with Crippen molar-refractivity contribution in [2.75, 3.05) is 7.05 Å². The van der Waals surface area contributed by atoms with Crippen molar-refractivity contribution in [3.63, 3.8) is 0 Å². The van der Waals surface area contributed by atoms with Crippen molar-refractivity contribution in [1.29, 1.82) is 0 Å². The van der Waals surface area contributed by atoms with Crippen molar-refractivity contribution in [3.05, 3.63) is 58.1 Å². The molecule has 0 saturated heterocycles. The normalized spacial score (nSPS) is 11.1. The van der Waals surface area contributed by atoms with E-state index in [2.05, 4.69) is 77.6 Å². The third-order valence-corrected chi connectivity index (χ3v) is 4.91. The first-order chi connectivity index (χ1) is 9.60. The zero-order chi connectivity index (χ0) is 14.5.